The van der Waals surface area contributed by atoms with Gasteiger partial charge in [-0.15, -0.1) is 0 Å². The Bertz CT molecular complexity index is 2410. The molecule has 0 saturated carbocycles. The maximum atomic E-state index is 5.19. The molecule has 0 amide bonds. The Morgan fingerprint density at radius 1 is 0.458 bits per heavy atom. The average Bonchev–Trinajstić information content (AvgIpc) is 3.33. The van der Waals surface area contributed by atoms with E-state index in [9.17, 15) is 0 Å². The standard InChI is InChI=1S/C43H31N5/c1-28-29(2)47(32-20-10-5-11-21-32)38-27-26-34-33-22-12-14-24-36(33)48(37-25-15-13-23-35(37)40(34)39(28)38)43-45-41(30-16-6-3-7-17-30)44-42(46-43)31-18-8-4-9-19-31/h3-27H,1-2H3. The van der Waals surface area contributed by atoms with E-state index < -0.39 is 0 Å². The Hall–Kier alpha value is -6.33. The monoisotopic (exact) mass is 617 g/mol. The number of rotatable bonds is 4. The first-order chi connectivity index (χ1) is 23.7. The predicted octanol–water partition coefficient (Wildman–Crippen LogP) is 10.9. The van der Waals surface area contributed by atoms with Crippen LogP contribution in [0.4, 0.5) is 17.3 Å². The van der Waals surface area contributed by atoms with Crippen molar-refractivity contribution in [3.8, 4) is 50.7 Å². The smallest absolute Gasteiger partial charge is 0.238 e. The van der Waals surface area contributed by atoms with Crippen LogP contribution in [0.15, 0.2) is 152 Å². The van der Waals surface area contributed by atoms with Crippen LogP contribution in [0.2, 0.25) is 0 Å². The molecule has 0 unspecified atom stereocenters. The molecule has 0 bridgehead atoms. The number of hydrogen-bond acceptors (Lipinski definition) is 4. The van der Waals surface area contributed by atoms with Crippen molar-refractivity contribution >= 4 is 28.2 Å². The van der Waals surface area contributed by atoms with Gasteiger partial charge in [-0.1, -0.05) is 121 Å². The molecular weight excluding hydrogens is 587 g/mol. The minimum atomic E-state index is 0.571. The molecular formula is C43H31N5. The van der Waals surface area contributed by atoms with Crippen molar-refractivity contribution in [3.05, 3.63) is 163 Å². The van der Waals surface area contributed by atoms with Gasteiger partial charge in [0.15, 0.2) is 11.6 Å². The van der Waals surface area contributed by atoms with Gasteiger partial charge < -0.3 is 4.57 Å². The van der Waals surface area contributed by atoms with Gasteiger partial charge in [0.25, 0.3) is 0 Å². The maximum Gasteiger partial charge on any atom is 0.238 e. The number of hydrogen-bond donors (Lipinski definition) is 0. The van der Waals surface area contributed by atoms with Gasteiger partial charge in [0.2, 0.25) is 5.95 Å². The van der Waals surface area contributed by atoms with Crippen molar-refractivity contribution in [2.75, 3.05) is 4.90 Å². The topological polar surface area (TPSA) is 46.8 Å². The molecule has 0 N–H and O–H groups in total. The van der Waals surface area contributed by atoms with Crippen LogP contribution < -0.4 is 4.90 Å². The highest BCUT2D eigenvalue weighted by molar-refractivity contribution is 6.12. The third-order valence-corrected chi connectivity index (χ3v) is 9.43. The fourth-order valence-electron chi connectivity index (χ4n) is 7.12. The highest BCUT2D eigenvalue weighted by atomic mass is 15.3. The molecule has 48 heavy (non-hydrogen) atoms. The van der Waals surface area contributed by atoms with E-state index >= 15 is 0 Å². The molecule has 9 rings (SSSR count). The van der Waals surface area contributed by atoms with Crippen molar-refractivity contribution in [2.45, 2.75) is 13.8 Å². The van der Waals surface area contributed by atoms with Gasteiger partial charge >= 0.3 is 0 Å². The van der Waals surface area contributed by atoms with E-state index in [1.807, 2.05) is 60.7 Å². The number of anilines is 3. The van der Waals surface area contributed by atoms with Gasteiger partial charge in [-0.2, -0.15) is 9.97 Å². The lowest BCUT2D eigenvalue weighted by atomic mass is 9.90. The van der Waals surface area contributed by atoms with Crippen LogP contribution in [0.25, 0.3) is 61.6 Å². The summed E-state index contributed by atoms with van der Waals surface area (Å²) in [4.78, 5) is 17.6. The van der Waals surface area contributed by atoms with Gasteiger partial charge in [0, 0.05) is 44.6 Å². The van der Waals surface area contributed by atoms with Gasteiger partial charge in [-0.3, -0.25) is 4.90 Å². The second-order valence-electron chi connectivity index (χ2n) is 12.1. The van der Waals surface area contributed by atoms with E-state index in [4.69, 9.17) is 15.0 Å². The Morgan fingerprint density at radius 2 is 0.979 bits per heavy atom. The highest BCUT2D eigenvalue weighted by Crippen LogP contribution is 2.53. The normalized spacial score (nSPS) is 11.9. The fourth-order valence-corrected chi connectivity index (χ4v) is 7.12. The van der Waals surface area contributed by atoms with E-state index in [0.29, 0.717) is 17.6 Å². The van der Waals surface area contributed by atoms with Crippen LogP contribution in [0, 0.1) is 13.8 Å². The molecule has 1 aliphatic rings. The molecule has 2 aromatic heterocycles. The molecule has 0 radical (unpaired) electrons. The Labute approximate surface area is 279 Å². The first kappa shape index (κ1) is 27.9. The lowest BCUT2D eigenvalue weighted by molar-refractivity contribution is 1.02. The summed E-state index contributed by atoms with van der Waals surface area (Å²) in [5, 5.41) is 1.25. The first-order valence-corrected chi connectivity index (χ1v) is 16.2. The lowest BCUT2D eigenvalue weighted by Crippen LogP contribution is -2.16. The molecule has 6 aromatic carbocycles. The second kappa shape index (κ2) is 11.2. The molecule has 5 nitrogen and oxygen atoms in total. The van der Waals surface area contributed by atoms with Gasteiger partial charge in [0.05, 0.1) is 16.9 Å². The summed E-state index contributed by atoms with van der Waals surface area (Å²) in [6.07, 6.45) is 0. The van der Waals surface area contributed by atoms with E-state index in [-0.39, 0.29) is 0 Å². The fraction of sp³-hybridized carbons (Fsp3) is 0.0465. The van der Waals surface area contributed by atoms with E-state index in [0.717, 1.165) is 39.3 Å². The quantitative estimate of drug-likeness (QED) is 0.197. The third-order valence-electron chi connectivity index (χ3n) is 9.43. The van der Waals surface area contributed by atoms with Crippen molar-refractivity contribution in [1.82, 2.24) is 19.5 Å². The molecule has 3 heterocycles. The van der Waals surface area contributed by atoms with Crippen molar-refractivity contribution in [1.29, 1.82) is 0 Å². The number of benzene rings is 6. The van der Waals surface area contributed by atoms with Crippen LogP contribution in [0.3, 0.4) is 0 Å². The summed E-state index contributed by atoms with van der Waals surface area (Å²) in [6.45, 7) is 4.47. The predicted molar refractivity (Wildman–Crippen MR) is 196 cm³/mol. The number of nitrogens with zero attached hydrogens (tertiary/aromatic N) is 5. The SMILES string of the molecule is Cc1c(C)n(-c2ccccc2)c2ccc3c(c12)-c1ccccc1N(c1nc(-c2ccccc2)nc(-c2ccccc2)n1)c1ccccc1-3. The summed E-state index contributed by atoms with van der Waals surface area (Å²) in [7, 11) is 0. The molecule has 8 aromatic rings. The zero-order chi connectivity index (χ0) is 32.2. The van der Waals surface area contributed by atoms with E-state index in [2.05, 4.69) is 114 Å². The number of fused-ring (bicyclic) bond motifs is 7. The summed E-state index contributed by atoms with van der Waals surface area (Å²) in [5.41, 5.74) is 13.4. The zero-order valence-electron chi connectivity index (χ0n) is 26.7. The molecule has 5 heteroatoms. The number of para-hydroxylation sites is 3. The number of aryl methyl sites for hydroxylation is 1. The number of aromatic nitrogens is 4. The molecule has 0 fully saturated rings. The minimum Gasteiger partial charge on any atom is -0.314 e. The second-order valence-corrected chi connectivity index (χ2v) is 12.1. The van der Waals surface area contributed by atoms with E-state index in [1.165, 1.54) is 33.3 Å². The van der Waals surface area contributed by atoms with Gasteiger partial charge in [0.1, 0.15) is 0 Å². The molecule has 1 aliphatic heterocycles. The average molecular weight is 618 g/mol. The molecule has 228 valence electrons. The summed E-state index contributed by atoms with van der Waals surface area (Å²) in [5.74, 6) is 1.83. The van der Waals surface area contributed by atoms with Crippen molar-refractivity contribution < 1.29 is 0 Å². The third kappa shape index (κ3) is 4.36. The minimum absolute atomic E-state index is 0.571. The molecule has 0 aliphatic carbocycles. The van der Waals surface area contributed by atoms with Gasteiger partial charge in [-0.25, -0.2) is 4.98 Å². The van der Waals surface area contributed by atoms with Crippen molar-refractivity contribution in [2.24, 2.45) is 0 Å². The van der Waals surface area contributed by atoms with Crippen LogP contribution in [-0.2, 0) is 0 Å². The molecule has 0 atom stereocenters. The first-order valence-electron chi connectivity index (χ1n) is 16.2. The maximum absolute atomic E-state index is 5.19. The Kier molecular flexibility index (Phi) is 6.51. The van der Waals surface area contributed by atoms with Gasteiger partial charge in [-0.05, 0) is 55.3 Å². The summed E-state index contributed by atoms with van der Waals surface area (Å²) < 4.78 is 2.38. The largest absolute Gasteiger partial charge is 0.314 e. The highest BCUT2D eigenvalue weighted by Gasteiger charge is 2.31. The van der Waals surface area contributed by atoms with Crippen LogP contribution in [-0.4, -0.2) is 19.5 Å². The zero-order valence-corrected chi connectivity index (χ0v) is 26.7. The molecule has 0 spiro atoms. The Morgan fingerprint density at radius 3 is 1.60 bits per heavy atom. The summed E-state index contributed by atoms with van der Waals surface area (Å²) in [6, 6.07) is 52.7. The van der Waals surface area contributed by atoms with Crippen LogP contribution in [0.5, 0.6) is 0 Å². The van der Waals surface area contributed by atoms with E-state index in [1.54, 1.807) is 0 Å². The van der Waals surface area contributed by atoms with Crippen LogP contribution in [0.1, 0.15) is 11.3 Å². The summed E-state index contributed by atoms with van der Waals surface area (Å²) >= 11 is 0. The van der Waals surface area contributed by atoms with Crippen molar-refractivity contribution in [3.63, 3.8) is 0 Å². The molecule has 0 saturated heterocycles. The Balaban J connectivity index is 1.36. The van der Waals surface area contributed by atoms with Crippen LogP contribution >= 0.6 is 0 Å². The lowest BCUT2D eigenvalue weighted by Gasteiger charge is -2.25.